The number of nitrogens with one attached hydrogen (secondary N) is 2. The van der Waals surface area contributed by atoms with Crippen LogP contribution in [0.15, 0.2) is 0 Å². The smallest absolute Gasteiger partial charge is 0.236 e. The molecule has 1 rings (SSSR count). The molecule has 1 fully saturated rings. The number of nitrogens with zero attached hydrogens (tertiary/aromatic N) is 1. The lowest BCUT2D eigenvalue weighted by Crippen LogP contribution is -2.50. The normalized spacial score (nSPS) is 22.2. The molecule has 1 heterocycles. The molecule has 0 bridgehead atoms. The first-order chi connectivity index (χ1) is 9.17. The maximum Gasteiger partial charge on any atom is 0.236 e. The molecule has 2 atom stereocenters. The van der Waals surface area contributed by atoms with Gasteiger partial charge in [-0.15, -0.1) is 0 Å². The number of hydrogen-bond acceptors (Lipinski definition) is 4. The van der Waals surface area contributed by atoms with Gasteiger partial charge in [-0.25, -0.2) is 0 Å². The number of morpholine rings is 1. The van der Waals surface area contributed by atoms with Gasteiger partial charge in [0, 0.05) is 26.2 Å². The number of amides is 1. The second-order valence-corrected chi connectivity index (χ2v) is 5.16. The summed E-state index contributed by atoms with van der Waals surface area (Å²) in [6.45, 7) is 11.5. The third-order valence-corrected chi connectivity index (χ3v) is 3.54. The molecule has 1 saturated heterocycles. The molecule has 0 radical (unpaired) electrons. The first kappa shape index (κ1) is 16.4. The molecule has 0 aromatic carbocycles. The summed E-state index contributed by atoms with van der Waals surface area (Å²) < 4.78 is 5.70. The Morgan fingerprint density at radius 2 is 2.26 bits per heavy atom. The van der Waals surface area contributed by atoms with Gasteiger partial charge in [-0.2, -0.15) is 0 Å². The van der Waals surface area contributed by atoms with Gasteiger partial charge >= 0.3 is 0 Å². The Bertz CT molecular complexity index is 261. The predicted molar refractivity (Wildman–Crippen MR) is 77.2 cm³/mol. The Morgan fingerprint density at radius 3 is 2.95 bits per heavy atom. The number of ether oxygens (including phenoxy) is 1. The number of carbonyl (C=O) groups excluding carboxylic acids is 1. The van der Waals surface area contributed by atoms with Crippen LogP contribution in [0, 0.1) is 0 Å². The highest BCUT2D eigenvalue weighted by Crippen LogP contribution is 2.03. The summed E-state index contributed by atoms with van der Waals surface area (Å²) in [5, 5.41) is 6.20. The van der Waals surface area contributed by atoms with E-state index in [4.69, 9.17) is 4.74 Å². The fourth-order valence-corrected chi connectivity index (χ4v) is 2.13. The van der Waals surface area contributed by atoms with E-state index in [1.54, 1.807) is 0 Å². The van der Waals surface area contributed by atoms with Crippen LogP contribution in [-0.2, 0) is 9.53 Å². The van der Waals surface area contributed by atoms with Crippen LogP contribution in [0.3, 0.4) is 0 Å². The van der Waals surface area contributed by atoms with Gasteiger partial charge < -0.3 is 15.4 Å². The lowest BCUT2D eigenvalue weighted by molar-refractivity contribution is -0.123. The third kappa shape index (κ3) is 6.36. The number of unbranched alkanes of at least 4 members (excludes halogenated alkanes) is 1. The van der Waals surface area contributed by atoms with Crippen LogP contribution in [-0.4, -0.2) is 62.3 Å². The van der Waals surface area contributed by atoms with Gasteiger partial charge in [0.05, 0.1) is 18.8 Å². The molecule has 112 valence electrons. The van der Waals surface area contributed by atoms with Crippen LogP contribution in [0.4, 0.5) is 0 Å². The van der Waals surface area contributed by atoms with E-state index in [1.165, 1.54) is 0 Å². The second kappa shape index (κ2) is 9.28. The fraction of sp³-hybridized carbons (Fsp3) is 0.929. The van der Waals surface area contributed by atoms with Gasteiger partial charge in [0.1, 0.15) is 0 Å². The van der Waals surface area contributed by atoms with Crippen molar-refractivity contribution in [2.24, 2.45) is 0 Å². The summed E-state index contributed by atoms with van der Waals surface area (Å²) in [5.41, 5.74) is 0. The van der Waals surface area contributed by atoms with Crippen molar-refractivity contribution in [3.8, 4) is 0 Å². The van der Waals surface area contributed by atoms with Crippen LogP contribution in [0.2, 0.25) is 0 Å². The molecule has 0 saturated carbocycles. The molecule has 2 unspecified atom stereocenters. The molecule has 2 N–H and O–H groups in total. The van der Waals surface area contributed by atoms with E-state index in [0.29, 0.717) is 0 Å². The van der Waals surface area contributed by atoms with Crippen molar-refractivity contribution in [2.45, 2.75) is 45.8 Å². The van der Waals surface area contributed by atoms with Gasteiger partial charge in [-0.3, -0.25) is 9.69 Å². The van der Waals surface area contributed by atoms with Crippen molar-refractivity contribution < 1.29 is 9.53 Å². The zero-order valence-corrected chi connectivity index (χ0v) is 12.6. The highest BCUT2D eigenvalue weighted by molar-refractivity contribution is 5.81. The predicted octanol–water partition coefficient (Wildman–Crippen LogP) is 0.602. The van der Waals surface area contributed by atoms with Crippen LogP contribution >= 0.6 is 0 Å². The maximum atomic E-state index is 11.8. The minimum atomic E-state index is -0.155. The summed E-state index contributed by atoms with van der Waals surface area (Å²) in [4.78, 5) is 14.2. The van der Waals surface area contributed by atoms with E-state index in [1.807, 2.05) is 6.92 Å². The lowest BCUT2D eigenvalue weighted by atomic mass is 10.2. The number of likely N-dealkylation sites (N-methyl/N-ethyl adjacent to an activating group) is 1. The zero-order chi connectivity index (χ0) is 14.1. The van der Waals surface area contributed by atoms with Gasteiger partial charge in [-0.1, -0.05) is 20.3 Å². The van der Waals surface area contributed by atoms with Crippen molar-refractivity contribution in [1.29, 1.82) is 0 Å². The van der Waals surface area contributed by atoms with Crippen molar-refractivity contribution in [3.63, 3.8) is 0 Å². The first-order valence-electron chi connectivity index (χ1n) is 7.52. The SMILES string of the molecule is CCCCNC(=O)C(C)NCC1CN(CC)CCO1. The van der Waals surface area contributed by atoms with Crippen LogP contribution in [0.1, 0.15) is 33.6 Å². The number of rotatable bonds is 8. The van der Waals surface area contributed by atoms with Crippen molar-refractivity contribution in [1.82, 2.24) is 15.5 Å². The van der Waals surface area contributed by atoms with E-state index < -0.39 is 0 Å². The highest BCUT2D eigenvalue weighted by Gasteiger charge is 2.20. The van der Waals surface area contributed by atoms with Crippen LogP contribution in [0.5, 0.6) is 0 Å². The minimum Gasteiger partial charge on any atom is -0.374 e. The van der Waals surface area contributed by atoms with E-state index in [-0.39, 0.29) is 18.1 Å². The second-order valence-electron chi connectivity index (χ2n) is 5.16. The molecule has 1 aliphatic heterocycles. The average molecular weight is 271 g/mol. The molecule has 19 heavy (non-hydrogen) atoms. The molecule has 5 heteroatoms. The van der Waals surface area contributed by atoms with Crippen molar-refractivity contribution in [2.75, 3.05) is 39.3 Å². The lowest BCUT2D eigenvalue weighted by Gasteiger charge is -2.32. The Labute approximate surface area is 117 Å². The first-order valence-corrected chi connectivity index (χ1v) is 7.52. The Balaban J connectivity index is 2.18. The molecule has 0 aliphatic carbocycles. The molecule has 0 aromatic heterocycles. The Morgan fingerprint density at radius 1 is 1.47 bits per heavy atom. The van der Waals surface area contributed by atoms with Gasteiger partial charge in [0.15, 0.2) is 0 Å². The Kier molecular flexibility index (Phi) is 8.02. The van der Waals surface area contributed by atoms with Gasteiger partial charge in [0.25, 0.3) is 0 Å². The molecular formula is C14H29N3O2. The summed E-state index contributed by atoms with van der Waals surface area (Å²) in [5.74, 6) is 0.0802. The minimum absolute atomic E-state index is 0.0802. The van der Waals surface area contributed by atoms with Gasteiger partial charge in [-0.05, 0) is 19.9 Å². The maximum absolute atomic E-state index is 11.8. The fourth-order valence-electron chi connectivity index (χ4n) is 2.13. The van der Waals surface area contributed by atoms with Crippen molar-refractivity contribution in [3.05, 3.63) is 0 Å². The van der Waals surface area contributed by atoms with E-state index in [0.717, 1.165) is 52.2 Å². The molecule has 1 amide bonds. The number of hydrogen-bond donors (Lipinski definition) is 2. The van der Waals surface area contributed by atoms with Crippen LogP contribution in [0.25, 0.3) is 0 Å². The molecule has 1 aliphatic rings. The van der Waals surface area contributed by atoms with E-state index >= 15 is 0 Å². The average Bonchev–Trinajstić information content (AvgIpc) is 2.45. The topological polar surface area (TPSA) is 53.6 Å². The highest BCUT2D eigenvalue weighted by atomic mass is 16.5. The van der Waals surface area contributed by atoms with Crippen LogP contribution < -0.4 is 10.6 Å². The summed E-state index contributed by atoms with van der Waals surface area (Å²) in [6.07, 6.45) is 2.33. The summed E-state index contributed by atoms with van der Waals surface area (Å²) in [6, 6.07) is -0.155. The number of carbonyl (C=O) groups is 1. The molecular weight excluding hydrogens is 242 g/mol. The standard InChI is InChI=1S/C14H29N3O2/c1-4-6-7-15-14(18)12(3)16-10-13-11-17(5-2)8-9-19-13/h12-13,16H,4-11H2,1-3H3,(H,15,18). The quantitative estimate of drug-likeness (QED) is 0.635. The van der Waals surface area contributed by atoms with Gasteiger partial charge in [0.2, 0.25) is 5.91 Å². The largest absolute Gasteiger partial charge is 0.374 e. The molecule has 0 aromatic rings. The van der Waals surface area contributed by atoms with E-state index in [2.05, 4.69) is 29.4 Å². The van der Waals surface area contributed by atoms with Crippen molar-refractivity contribution >= 4 is 5.91 Å². The third-order valence-electron chi connectivity index (χ3n) is 3.54. The summed E-state index contributed by atoms with van der Waals surface area (Å²) >= 11 is 0. The molecule has 0 spiro atoms. The zero-order valence-electron chi connectivity index (χ0n) is 12.6. The summed E-state index contributed by atoms with van der Waals surface area (Å²) in [7, 11) is 0. The monoisotopic (exact) mass is 271 g/mol. The van der Waals surface area contributed by atoms with E-state index in [9.17, 15) is 4.79 Å². The Hall–Kier alpha value is -0.650. The molecule has 5 nitrogen and oxygen atoms in total.